The summed E-state index contributed by atoms with van der Waals surface area (Å²) in [4.78, 5) is 0. The summed E-state index contributed by atoms with van der Waals surface area (Å²) >= 11 is 1.07. The van der Waals surface area contributed by atoms with Gasteiger partial charge in [-0.3, -0.25) is 0 Å². The number of nitrogens with zero attached hydrogens (tertiary/aromatic N) is 1. The number of aliphatic hydroxyl groups excluding tert-OH is 1. The Morgan fingerprint density at radius 1 is 0.275 bits per heavy atom. The highest BCUT2D eigenvalue weighted by Gasteiger charge is 3.03. The number of thiol groups is 1. The molecular weight excluding hydrogens is 1130 g/mol. The summed E-state index contributed by atoms with van der Waals surface area (Å²) in [7, 11) is 2.39. The van der Waals surface area contributed by atoms with E-state index in [0.29, 0.717) is 0 Å². The van der Waals surface area contributed by atoms with Crippen LogP contribution in [0.15, 0.2) is 0 Å². The molecule has 0 fully saturated rings. The van der Waals surface area contributed by atoms with Gasteiger partial charge in [0.1, 0.15) is 12.6 Å². The third kappa shape index (κ3) is 8.28. The summed E-state index contributed by atoms with van der Waals surface area (Å²) in [5, 5.41) is 2.02. The van der Waals surface area contributed by atoms with Crippen LogP contribution >= 0.6 is 12.6 Å². The minimum absolute atomic E-state index is 0.797. The van der Waals surface area contributed by atoms with Gasteiger partial charge in [0.25, 0.3) is 0 Å². The predicted molar refractivity (Wildman–Crippen MR) is 141 cm³/mol. The number of hydrogen-bond acceptors (Lipinski definition) is 2. The van der Waals surface area contributed by atoms with Gasteiger partial charge in [-0.2, -0.15) is 176 Å². The molecule has 0 aromatic heterocycles. The molecule has 0 heterocycles. The summed E-state index contributed by atoms with van der Waals surface area (Å²) in [6, 6.07) is 0. The molecule has 0 aliphatic rings. The molecule has 43 heteroatoms. The molecule has 0 saturated carbocycles. The van der Waals surface area contributed by atoms with Crippen molar-refractivity contribution in [2.45, 2.75) is 130 Å². The molecule has 0 aromatic carbocycles. The number of halogens is 40. The van der Waals surface area contributed by atoms with Crippen LogP contribution in [0.3, 0.4) is 0 Å². The largest absolute Gasteiger partial charge is 0.387 e. The third-order valence-corrected chi connectivity index (χ3v) is 9.07. The van der Waals surface area contributed by atoms with Crippen LogP contribution in [0.1, 0.15) is 6.42 Å². The summed E-state index contributed by atoms with van der Waals surface area (Å²) in [6.07, 6.45) is -6.68. The number of aliphatic hydroxyl groups is 1. The van der Waals surface area contributed by atoms with Gasteiger partial charge in [0.2, 0.25) is 0 Å². The van der Waals surface area contributed by atoms with E-state index in [1.165, 1.54) is 0 Å². The molecule has 0 aliphatic carbocycles. The quantitative estimate of drug-likeness (QED) is 0.0594. The standard InChI is InChI=1S/C26H15F40NOS/c1-67(2,3)5-6(68)4-7(27,28)8(29,30)9(31,32)10(33,34)11(35,36)12(37,38)13(39,40)14(41,42)15(43,44)16(45,46)17(47,48)18(49,50)19(51,52)20(53,54)21(55,56)22(57,58)23(59,60)24(61,62)25(63,64)26(65,66)69/h6,68H,4-5H2,1-3H3/p+1. The Bertz CT molecular complexity index is 1830. The van der Waals surface area contributed by atoms with E-state index >= 15 is 0 Å². The first kappa shape index (κ1) is 66.5. The second kappa shape index (κ2) is 16.5. The van der Waals surface area contributed by atoms with E-state index in [0.717, 1.165) is 33.8 Å². The Morgan fingerprint density at radius 3 is 0.536 bits per heavy atom. The summed E-state index contributed by atoms with van der Waals surface area (Å²) < 4.78 is 556. The van der Waals surface area contributed by atoms with Crippen molar-refractivity contribution in [1.82, 2.24) is 0 Å². The molecule has 0 radical (unpaired) electrons. The second-order valence-corrected chi connectivity index (χ2v) is 15.5. The number of likely N-dealkylation sites (N-methyl/N-ethyl adjacent to an activating group) is 1. The first-order chi connectivity index (χ1) is 28.9. The van der Waals surface area contributed by atoms with Crippen LogP contribution < -0.4 is 0 Å². The van der Waals surface area contributed by atoms with Crippen molar-refractivity contribution >= 4 is 12.6 Å². The van der Waals surface area contributed by atoms with Crippen molar-refractivity contribution in [3.8, 4) is 0 Å². The highest BCUT2D eigenvalue weighted by molar-refractivity contribution is 7.81. The molecule has 0 rings (SSSR count). The zero-order chi connectivity index (χ0) is 57.5. The maximum atomic E-state index is 14.2. The molecular formula is C26H16F40NOS+. The minimum atomic E-state index is -10.6. The lowest BCUT2D eigenvalue weighted by Crippen LogP contribution is -2.80. The van der Waals surface area contributed by atoms with E-state index in [1.807, 2.05) is 0 Å². The predicted octanol–water partition coefficient (Wildman–Crippen LogP) is 13.0. The molecule has 1 atom stereocenters. The van der Waals surface area contributed by atoms with Crippen LogP contribution in [0.4, 0.5) is 176 Å². The van der Waals surface area contributed by atoms with Crippen molar-refractivity contribution in [3.63, 3.8) is 0 Å². The van der Waals surface area contributed by atoms with E-state index in [4.69, 9.17) is 0 Å². The van der Waals surface area contributed by atoms with Gasteiger partial charge in [-0.15, -0.1) is 0 Å². The average Bonchev–Trinajstić information content (AvgIpc) is 3.08. The van der Waals surface area contributed by atoms with Crippen LogP contribution in [0.5, 0.6) is 0 Å². The maximum absolute atomic E-state index is 14.2. The molecule has 0 amide bonds. The number of alkyl halides is 40. The van der Waals surface area contributed by atoms with Gasteiger partial charge in [-0.25, -0.2) is 0 Å². The molecule has 0 aromatic rings. The first-order valence-electron chi connectivity index (χ1n) is 15.6. The Hall–Kier alpha value is -2.53. The first-order valence-corrected chi connectivity index (χ1v) is 16.1. The minimum Gasteiger partial charge on any atom is -0.387 e. The van der Waals surface area contributed by atoms with Crippen LogP contribution in [-0.4, -0.2) is 161 Å². The monoisotopic (exact) mass is 1150 g/mol. The molecule has 2 nitrogen and oxygen atoms in total. The van der Waals surface area contributed by atoms with Gasteiger partial charge < -0.3 is 9.59 Å². The van der Waals surface area contributed by atoms with E-state index < -0.39 is 141 Å². The van der Waals surface area contributed by atoms with E-state index in [2.05, 4.69) is 0 Å². The smallest absolute Gasteiger partial charge is 0.387 e. The van der Waals surface area contributed by atoms with Crippen LogP contribution in [0.2, 0.25) is 0 Å². The van der Waals surface area contributed by atoms with E-state index in [9.17, 15) is 181 Å². The molecule has 0 saturated heterocycles. The SMILES string of the molecule is C[N+](C)(C)CC(O)CC(F)(F)C(F)(F)C(F)(F)C(F)(F)C(F)(F)C(F)(F)C(F)(F)C(F)(F)C(F)(F)C(F)(F)C(F)(F)C(F)(F)C(F)(F)C(F)(F)C(F)(F)C(F)(F)C(F)(F)C(F)(F)C(F)(F)C(F)(F)S. The fraction of sp³-hybridized carbons (Fsp3) is 1.00. The van der Waals surface area contributed by atoms with Gasteiger partial charge in [0.05, 0.1) is 21.1 Å². The molecule has 0 aliphatic heterocycles. The highest BCUT2D eigenvalue weighted by atomic mass is 32.1. The van der Waals surface area contributed by atoms with Gasteiger partial charge in [-0.1, -0.05) is 12.6 Å². The van der Waals surface area contributed by atoms with Crippen molar-refractivity contribution in [1.29, 1.82) is 0 Å². The number of rotatable bonds is 23. The van der Waals surface area contributed by atoms with Crippen LogP contribution in [-0.2, 0) is 0 Å². The lowest BCUT2D eigenvalue weighted by atomic mass is 9.81. The van der Waals surface area contributed by atoms with Crippen molar-refractivity contribution in [3.05, 3.63) is 0 Å². The Labute approximate surface area is 356 Å². The molecule has 1 unspecified atom stereocenters. The fourth-order valence-corrected chi connectivity index (χ4v) is 4.83. The van der Waals surface area contributed by atoms with Crippen molar-refractivity contribution in [2.75, 3.05) is 27.7 Å². The zero-order valence-corrected chi connectivity index (χ0v) is 32.3. The van der Waals surface area contributed by atoms with Crippen molar-refractivity contribution < 1.29 is 185 Å². The Kier molecular flexibility index (Phi) is 15.9. The molecule has 416 valence electrons. The lowest BCUT2D eigenvalue weighted by molar-refractivity contribution is -0.873. The third-order valence-electron chi connectivity index (χ3n) is 8.79. The summed E-state index contributed by atoms with van der Waals surface area (Å²) in [5.74, 6) is -187. The van der Waals surface area contributed by atoms with Crippen LogP contribution in [0, 0.1) is 0 Å². The normalized spacial score (nSPS) is 17.7. The van der Waals surface area contributed by atoms with Gasteiger partial charge in [0, 0.05) is 6.42 Å². The van der Waals surface area contributed by atoms with E-state index in [-0.39, 0.29) is 0 Å². The maximum Gasteiger partial charge on any atom is 0.387 e. The number of hydrogen-bond donors (Lipinski definition) is 2. The Balaban J connectivity index is 7.94. The molecule has 1 N–H and O–H groups in total. The van der Waals surface area contributed by atoms with Crippen molar-refractivity contribution in [2.24, 2.45) is 0 Å². The fourth-order valence-electron chi connectivity index (χ4n) is 4.69. The lowest BCUT2D eigenvalue weighted by Gasteiger charge is -2.47. The Morgan fingerprint density at radius 2 is 0.406 bits per heavy atom. The second-order valence-electron chi connectivity index (χ2n) is 14.9. The average molecular weight is 1150 g/mol. The van der Waals surface area contributed by atoms with Gasteiger partial charge >= 0.3 is 118 Å². The molecule has 0 spiro atoms. The zero-order valence-electron chi connectivity index (χ0n) is 31.5. The molecule has 0 bridgehead atoms. The summed E-state index contributed by atoms with van der Waals surface area (Å²) in [5.41, 5.74) is 0. The summed E-state index contributed by atoms with van der Waals surface area (Å²) in [6.45, 7) is -1.41. The van der Waals surface area contributed by atoms with E-state index in [1.54, 1.807) is 0 Å². The van der Waals surface area contributed by atoms with Crippen LogP contribution in [0.25, 0.3) is 0 Å². The number of quaternary nitrogens is 1. The van der Waals surface area contributed by atoms with Gasteiger partial charge in [-0.05, 0) is 0 Å². The topological polar surface area (TPSA) is 20.2 Å². The highest BCUT2D eigenvalue weighted by Crippen LogP contribution is 2.71. The molecule has 69 heavy (non-hydrogen) atoms. The van der Waals surface area contributed by atoms with Gasteiger partial charge in [0.15, 0.2) is 0 Å².